The summed E-state index contributed by atoms with van der Waals surface area (Å²) in [7, 11) is 0. The molecule has 0 aromatic carbocycles. The van der Waals surface area contributed by atoms with Crippen LogP contribution in [0.5, 0.6) is 0 Å². The van der Waals surface area contributed by atoms with E-state index in [1.807, 2.05) is 0 Å². The lowest BCUT2D eigenvalue weighted by Crippen LogP contribution is -2.08. The summed E-state index contributed by atoms with van der Waals surface area (Å²) in [5, 5.41) is 17.3. The fourth-order valence-electron chi connectivity index (χ4n) is 1.88. The molecular formula is C11H16N2O2. The van der Waals surface area contributed by atoms with Crippen LogP contribution in [-0.4, -0.2) is 28.0 Å². The van der Waals surface area contributed by atoms with Crippen molar-refractivity contribution in [3.63, 3.8) is 0 Å². The van der Waals surface area contributed by atoms with Crippen LogP contribution in [-0.2, 0) is 4.74 Å². The summed E-state index contributed by atoms with van der Waals surface area (Å²) in [6, 6.07) is 1.80. The minimum absolute atomic E-state index is 0.342. The molecule has 2 unspecified atom stereocenters. The molecule has 82 valence electrons. The summed E-state index contributed by atoms with van der Waals surface area (Å²) in [6.45, 7) is 0.873. The molecule has 1 aromatic rings. The van der Waals surface area contributed by atoms with E-state index in [0.29, 0.717) is 6.10 Å². The fraction of sp³-hybridized carbons (Fsp3) is 0.636. The van der Waals surface area contributed by atoms with Crippen molar-refractivity contribution in [3.8, 4) is 0 Å². The van der Waals surface area contributed by atoms with E-state index in [1.165, 1.54) is 0 Å². The van der Waals surface area contributed by atoms with Crippen molar-refractivity contribution in [1.82, 2.24) is 10.2 Å². The SMILES string of the molecule is OC(CCC1CCCO1)c1ccnnc1. The third-order valence-corrected chi connectivity index (χ3v) is 2.78. The molecule has 4 heteroatoms. The lowest BCUT2D eigenvalue weighted by Gasteiger charge is -2.13. The highest BCUT2D eigenvalue weighted by atomic mass is 16.5. The van der Waals surface area contributed by atoms with E-state index in [2.05, 4.69) is 10.2 Å². The Kier molecular flexibility index (Phi) is 3.64. The Morgan fingerprint density at radius 1 is 1.53 bits per heavy atom. The number of nitrogens with zero attached hydrogens (tertiary/aromatic N) is 2. The van der Waals surface area contributed by atoms with Gasteiger partial charge in [0.15, 0.2) is 0 Å². The predicted molar refractivity (Wildman–Crippen MR) is 55.2 cm³/mol. The molecule has 2 atom stereocenters. The Labute approximate surface area is 89.3 Å². The number of rotatable bonds is 4. The molecule has 1 aromatic heterocycles. The topological polar surface area (TPSA) is 55.2 Å². The smallest absolute Gasteiger partial charge is 0.0807 e. The maximum atomic E-state index is 9.86. The van der Waals surface area contributed by atoms with E-state index in [0.717, 1.165) is 37.9 Å². The normalized spacial score (nSPS) is 22.9. The Morgan fingerprint density at radius 3 is 3.13 bits per heavy atom. The van der Waals surface area contributed by atoms with Crippen molar-refractivity contribution >= 4 is 0 Å². The van der Waals surface area contributed by atoms with E-state index in [1.54, 1.807) is 18.5 Å². The second-order valence-electron chi connectivity index (χ2n) is 3.90. The van der Waals surface area contributed by atoms with Crippen molar-refractivity contribution in [2.45, 2.75) is 37.9 Å². The molecule has 15 heavy (non-hydrogen) atoms. The number of hydrogen-bond donors (Lipinski definition) is 1. The minimum atomic E-state index is -0.440. The van der Waals surface area contributed by atoms with E-state index in [4.69, 9.17) is 4.74 Å². The fourth-order valence-corrected chi connectivity index (χ4v) is 1.88. The van der Waals surface area contributed by atoms with Crippen LogP contribution in [0, 0.1) is 0 Å². The van der Waals surface area contributed by atoms with Gasteiger partial charge in [-0.05, 0) is 31.7 Å². The maximum Gasteiger partial charge on any atom is 0.0807 e. The van der Waals surface area contributed by atoms with Gasteiger partial charge in [-0.1, -0.05) is 0 Å². The molecule has 1 fully saturated rings. The number of ether oxygens (including phenoxy) is 1. The van der Waals surface area contributed by atoms with Gasteiger partial charge in [-0.15, -0.1) is 0 Å². The highest BCUT2D eigenvalue weighted by Gasteiger charge is 2.17. The van der Waals surface area contributed by atoms with Crippen LogP contribution in [0.1, 0.15) is 37.4 Å². The van der Waals surface area contributed by atoms with Gasteiger partial charge in [-0.25, -0.2) is 0 Å². The highest BCUT2D eigenvalue weighted by Crippen LogP contribution is 2.22. The molecule has 0 aliphatic carbocycles. The summed E-state index contributed by atoms with van der Waals surface area (Å²) in [6.07, 6.45) is 7.04. The number of aliphatic hydroxyl groups excluding tert-OH is 1. The second-order valence-corrected chi connectivity index (χ2v) is 3.90. The molecule has 0 spiro atoms. The highest BCUT2D eigenvalue weighted by molar-refractivity contribution is 5.08. The molecule has 1 N–H and O–H groups in total. The van der Waals surface area contributed by atoms with Crippen molar-refractivity contribution in [2.24, 2.45) is 0 Å². The molecule has 1 saturated heterocycles. The van der Waals surface area contributed by atoms with E-state index < -0.39 is 6.10 Å². The summed E-state index contributed by atoms with van der Waals surface area (Å²) in [5.74, 6) is 0. The Bertz CT molecular complexity index is 286. The second kappa shape index (κ2) is 5.19. The third kappa shape index (κ3) is 2.97. The molecule has 1 aliphatic rings. The van der Waals surface area contributed by atoms with Gasteiger partial charge >= 0.3 is 0 Å². The van der Waals surface area contributed by atoms with Crippen LogP contribution >= 0.6 is 0 Å². The van der Waals surface area contributed by atoms with Gasteiger partial charge in [0.1, 0.15) is 0 Å². The van der Waals surface area contributed by atoms with Gasteiger partial charge < -0.3 is 9.84 Å². The monoisotopic (exact) mass is 208 g/mol. The van der Waals surface area contributed by atoms with Gasteiger partial charge in [-0.2, -0.15) is 10.2 Å². The van der Waals surface area contributed by atoms with E-state index in [-0.39, 0.29) is 0 Å². The van der Waals surface area contributed by atoms with Crippen molar-refractivity contribution in [3.05, 3.63) is 24.0 Å². The van der Waals surface area contributed by atoms with Gasteiger partial charge in [0.2, 0.25) is 0 Å². The number of aromatic nitrogens is 2. The zero-order valence-corrected chi connectivity index (χ0v) is 8.67. The first-order chi connectivity index (χ1) is 7.36. The quantitative estimate of drug-likeness (QED) is 0.814. The Hall–Kier alpha value is -1.00. The van der Waals surface area contributed by atoms with Crippen LogP contribution < -0.4 is 0 Å². The third-order valence-electron chi connectivity index (χ3n) is 2.78. The van der Waals surface area contributed by atoms with E-state index >= 15 is 0 Å². The Balaban J connectivity index is 1.79. The molecule has 0 bridgehead atoms. The van der Waals surface area contributed by atoms with Crippen molar-refractivity contribution < 1.29 is 9.84 Å². The van der Waals surface area contributed by atoms with Gasteiger partial charge in [0.25, 0.3) is 0 Å². The van der Waals surface area contributed by atoms with Crippen molar-refractivity contribution in [1.29, 1.82) is 0 Å². The van der Waals surface area contributed by atoms with Crippen LogP contribution in [0.25, 0.3) is 0 Å². The summed E-state index contributed by atoms with van der Waals surface area (Å²) < 4.78 is 5.50. The van der Waals surface area contributed by atoms with E-state index in [9.17, 15) is 5.11 Å². The number of hydrogen-bond acceptors (Lipinski definition) is 4. The lowest BCUT2D eigenvalue weighted by molar-refractivity contribution is 0.0811. The number of aliphatic hydroxyl groups is 1. The molecule has 4 nitrogen and oxygen atoms in total. The first-order valence-corrected chi connectivity index (χ1v) is 5.42. The molecule has 0 saturated carbocycles. The zero-order chi connectivity index (χ0) is 10.5. The zero-order valence-electron chi connectivity index (χ0n) is 8.67. The Morgan fingerprint density at radius 2 is 2.47 bits per heavy atom. The lowest BCUT2D eigenvalue weighted by atomic mass is 10.0. The summed E-state index contributed by atoms with van der Waals surface area (Å²) >= 11 is 0. The average molecular weight is 208 g/mol. The van der Waals surface area contributed by atoms with Gasteiger partial charge in [0.05, 0.1) is 18.4 Å². The predicted octanol–water partition coefficient (Wildman–Crippen LogP) is 1.47. The van der Waals surface area contributed by atoms with Crippen LogP contribution in [0.3, 0.4) is 0 Å². The van der Waals surface area contributed by atoms with Crippen LogP contribution in [0.15, 0.2) is 18.5 Å². The maximum absolute atomic E-state index is 9.86. The molecule has 2 rings (SSSR count). The first-order valence-electron chi connectivity index (χ1n) is 5.42. The molecular weight excluding hydrogens is 192 g/mol. The molecule has 2 heterocycles. The standard InChI is InChI=1S/C11H16N2O2/c14-11(9-5-6-12-13-8-9)4-3-10-2-1-7-15-10/h5-6,8,10-11,14H,1-4,7H2. The average Bonchev–Trinajstić information content (AvgIpc) is 2.80. The molecule has 0 radical (unpaired) electrons. The minimum Gasteiger partial charge on any atom is -0.388 e. The molecule has 1 aliphatic heterocycles. The van der Waals surface area contributed by atoms with Gasteiger partial charge in [-0.3, -0.25) is 0 Å². The van der Waals surface area contributed by atoms with Crippen LogP contribution in [0.2, 0.25) is 0 Å². The largest absolute Gasteiger partial charge is 0.388 e. The summed E-state index contributed by atoms with van der Waals surface area (Å²) in [4.78, 5) is 0. The first kappa shape index (κ1) is 10.5. The van der Waals surface area contributed by atoms with Crippen molar-refractivity contribution in [2.75, 3.05) is 6.61 Å². The molecule has 0 amide bonds. The van der Waals surface area contributed by atoms with Gasteiger partial charge in [0, 0.05) is 18.4 Å². The summed E-state index contributed by atoms with van der Waals surface area (Å²) in [5.41, 5.74) is 0.836. The van der Waals surface area contributed by atoms with Crippen LogP contribution in [0.4, 0.5) is 0 Å².